The lowest BCUT2D eigenvalue weighted by Gasteiger charge is -2.33. The minimum absolute atomic E-state index is 0.107. The molecule has 1 saturated heterocycles. The summed E-state index contributed by atoms with van der Waals surface area (Å²) in [5, 5.41) is 3.02. The molecule has 2 aliphatic rings. The van der Waals surface area contributed by atoms with Crippen molar-refractivity contribution in [1.82, 2.24) is 10.2 Å². The fraction of sp³-hybridized carbons (Fsp3) is 0.875. The Labute approximate surface area is 122 Å². The van der Waals surface area contributed by atoms with Gasteiger partial charge in [0.2, 0.25) is 5.91 Å². The molecular formula is C16H28N2O2. The molecule has 3 atom stereocenters. The van der Waals surface area contributed by atoms with E-state index < -0.39 is 0 Å². The van der Waals surface area contributed by atoms with Gasteiger partial charge in [0.15, 0.2) is 0 Å². The van der Waals surface area contributed by atoms with Crippen molar-refractivity contribution in [2.45, 2.75) is 65.0 Å². The second-order valence-corrected chi connectivity index (χ2v) is 6.73. The highest BCUT2D eigenvalue weighted by atomic mass is 16.2. The third-order valence-electron chi connectivity index (χ3n) is 4.72. The number of hydrogen-bond donors (Lipinski definition) is 1. The fourth-order valence-electron chi connectivity index (χ4n) is 3.58. The van der Waals surface area contributed by atoms with Crippen LogP contribution in [0.3, 0.4) is 0 Å². The SMILES string of the molecule is CC(C)CNC(=O)C(C)N1CCCC1C1CCCC1=O. The zero-order chi connectivity index (χ0) is 14.7. The number of hydrogen-bond acceptors (Lipinski definition) is 3. The Morgan fingerprint density at radius 2 is 2.05 bits per heavy atom. The molecule has 1 aliphatic heterocycles. The molecule has 0 radical (unpaired) electrons. The molecule has 3 unspecified atom stereocenters. The van der Waals surface area contributed by atoms with E-state index in [1.165, 1.54) is 0 Å². The van der Waals surface area contributed by atoms with Gasteiger partial charge in [-0.1, -0.05) is 13.8 Å². The number of likely N-dealkylation sites (tertiary alicyclic amines) is 1. The monoisotopic (exact) mass is 280 g/mol. The highest BCUT2D eigenvalue weighted by molar-refractivity contribution is 5.84. The summed E-state index contributed by atoms with van der Waals surface area (Å²) in [5.74, 6) is 1.17. The predicted molar refractivity (Wildman–Crippen MR) is 79.4 cm³/mol. The van der Waals surface area contributed by atoms with E-state index >= 15 is 0 Å². The first-order valence-corrected chi connectivity index (χ1v) is 8.07. The minimum Gasteiger partial charge on any atom is -0.354 e. The van der Waals surface area contributed by atoms with Crippen molar-refractivity contribution in [3.8, 4) is 0 Å². The Balaban J connectivity index is 1.95. The van der Waals surface area contributed by atoms with Gasteiger partial charge in [-0.3, -0.25) is 14.5 Å². The zero-order valence-corrected chi connectivity index (χ0v) is 13.0. The summed E-state index contributed by atoms with van der Waals surface area (Å²) in [4.78, 5) is 26.5. The van der Waals surface area contributed by atoms with E-state index in [4.69, 9.17) is 0 Å². The molecule has 0 bridgehead atoms. The number of carbonyl (C=O) groups excluding carboxylic acids is 2. The molecule has 0 spiro atoms. The molecule has 4 nitrogen and oxygen atoms in total. The van der Waals surface area contributed by atoms with Gasteiger partial charge in [0, 0.05) is 24.9 Å². The lowest BCUT2D eigenvalue weighted by molar-refractivity contribution is -0.129. The molecule has 0 aromatic carbocycles. The molecule has 0 aromatic heterocycles. The van der Waals surface area contributed by atoms with Crippen LogP contribution in [0.5, 0.6) is 0 Å². The number of carbonyl (C=O) groups is 2. The Kier molecular flexibility index (Phi) is 5.19. The van der Waals surface area contributed by atoms with Crippen LogP contribution in [0.15, 0.2) is 0 Å². The normalized spacial score (nSPS) is 29.1. The summed E-state index contributed by atoms with van der Waals surface area (Å²) in [5.41, 5.74) is 0. The van der Waals surface area contributed by atoms with Gasteiger partial charge in [0.05, 0.1) is 6.04 Å². The van der Waals surface area contributed by atoms with E-state index in [-0.39, 0.29) is 17.9 Å². The summed E-state index contributed by atoms with van der Waals surface area (Å²) in [6.07, 6.45) is 4.96. The van der Waals surface area contributed by atoms with E-state index in [2.05, 4.69) is 24.1 Å². The molecule has 1 aliphatic carbocycles. The Hall–Kier alpha value is -0.900. The Bertz CT molecular complexity index is 367. The minimum atomic E-state index is -0.116. The molecule has 2 rings (SSSR count). The third-order valence-corrected chi connectivity index (χ3v) is 4.72. The standard InChI is InChI=1S/C16H28N2O2/c1-11(2)10-17-16(20)12(3)18-9-5-7-14(18)13-6-4-8-15(13)19/h11-14H,4-10H2,1-3H3,(H,17,20). The van der Waals surface area contributed by atoms with Gasteiger partial charge in [-0.15, -0.1) is 0 Å². The van der Waals surface area contributed by atoms with Crippen molar-refractivity contribution in [2.75, 3.05) is 13.1 Å². The summed E-state index contributed by atoms with van der Waals surface area (Å²) >= 11 is 0. The maximum absolute atomic E-state index is 12.2. The summed E-state index contributed by atoms with van der Waals surface area (Å²) < 4.78 is 0. The number of nitrogens with one attached hydrogen (secondary N) is 1. The van der Waals surface area contributed by atoms with E-state index in [0.29, 0.717) is 17.7 Å². The first-order chi connectivity index (χ1) is 9.50. The van der Waals surface area contributed by atoms with Gasteiger partial charge in [-0.2, -0.15) is 0 Å². The Morgan fingerprint density at radius 1 is 1.30 bits per heavy atom. The molecular weight excluding hydrogens is 252 g/mol. The van der Waals surface area contributed by atoms with Crippen molar-refractivity contribution in [2.24, 2.45) is 11.8 Å². The van der Waals surface area contributed by atoms with Crippen LogP contribution >= 0.6 is 0 Å². The van der Waals surface area contributed by atoms with Crippen molar-refractivity contribution in [3.63, 3.8) is 0 Å². The maximum atomic E-state index is 12.2. The van der Waals surface area contributed by atoms with Gasteiger partial charge in [-0.25, -0.2) is 0 Å². The second kappa shape index (κ2) is 6.70. The average Bonchev–Trinajstić information content (AvgIpc) is 3.02. The van der Waals surface area contributed by atoms with Crippen LogP contribution in [0.1, 0.15) is 52.9 Å². The summed E-state index contributed by atoms with van der Waals surface area (Å²) in [6.45, 7) is 7.85. The van der Waals surface area contributed by atoms with Crippen LogP contribution in [-0.4, -0.2) is 41.8 Å². The maximum Gasteiger partial charge on any atom is 0.237 e. The second-order valence-electron chi connectivity index (χ2n) is 6.73. The molecule has 4 heteroatoms. The molecule has 1 saturated carbocycles. The van der Waals surface area contributed by atoms with Crippen molar-refractivity contribution < 1.29 is 9.59 Å². The van der Waals surface area contributed by atoms with Crippen LogP contribution < -0.4 is 5.32 Å². The number of ketones is 1. The van der Waals surface area contributed by atoms with Gasteiger partial charge >= 0.3 is 0 Å². The van der Waals surface area contributed by atoms with E-state index in [1.54, 1.807) is 0 Å². The molecule has 1 amide bonds. The topological polar surface area (TPSA) is 49.4 Å². The third kappa shape index (κ3) is 3.40. The van der Waals surface area contributed by atoms with E-state index in [9.17, 15) is 9.59 Å². The lowest BCUT2D eigenvalue weighted by atomic mass is 9.94. The van der Waals surface area contributed by atoms with E-state index in [1.807, 2.05) is 6.92 Å². The molecule has 2 fully saturated rings. The quantitative estimate of drug-likeness (QED) is 0.838. The molecule has 0 aromatic rings. The Morgan fingerprint density at radius 3 is 2.65 bits per heavy atom. The van der Waals surface area contributed by atoms with Gasteiger partial charge in [0.25, 0.3) is 0 Å². The average molecular weight is 280 g/mol. The highest BCUT2D eigenvalue weighted by Gasteiger charge is 2.41. The van der Waals surface area contributed by atoms with Crippen LogP contribution in [0, 0.1) is 11.8 Å². The van der Waals surface area contributed by atoms with E-state index in [0.717, 1.165) is 45.2 Å². The van der Waals surface area contributed by atoms with Crippen molar-refractivity contribution in [1.29, 1.82) is 0 Å². The van der Waals surface area contributed by atoms with Crippen molar-refractivity contribution >= 4 is 11.7 Å². The fourth-order valence-corrected chi connectivity index (χ4v) is 3.58. The summed E-state index contributed by atoms with van der Waals surface area (Å²) in [6, 6.07) is 0.180. The van der Waals surface area contributed by atoms with Gasteiger partial charge in [0.1, 0.15) is 5.78 Å². The molecule has 114 valence electrons. The number of rotatable bonds is 5. The molecule has 20 heavy (non-hydrogen) atoms. The summed E-state index contributed by atoms with van der Waals surface area (Å²) in [7, 11) is 0. The largest absolute Gasteiger partial charge is 0.354 e. The first kappa shape index (κ1) is 15.5. The van der Waals surface area contributed by atoms with Crippen LogP contribution in [0.25, 0.3) is 0 Å². The lowest BCUT2D eigenvalue weighted by Crippen LogP contribution is -2.50. The zero-order valence-electron chi connectivity index (χ0n) is 13.0. The van der Waals surface area contributed by atoms with Crippen molar-refractivity contribution in [3.05, 3.63) is 0 Å². The number of nitrogens with zero attached hydrogens (tertiary/aromatic N) is 1. The first-order valence-electron chi connectivity index (χ1n) is 8.07. The molecule has 1 N–H and O–H groups in total. The van der Waals surface area contributed by atoms with Crippen LogP contribution in [-0.2, 0) is 9.59 Å². The number of amides is 1. The smallest absolute Gasteiger partial charge is 0.237 e. The van der Waals surface area contributed by atoms with Crippen LogP contribution in [0.2, 0.25) is 0 Å². The predicted octanol–water partition coefficient (Wildman–Crippen LogP) is 1.98. The van der Waals surface area contributed by atoms with Gasteiger partial charge in [-0.05, 0) is 45.1 Å². The van der Waals surface area contributed by atoms with Gasteiger partial charge < -0.3 is 5.32 Å². The number of Topliss-reactive ketones (excluding diaryl/α,β-unsaturated/α-hetero) is 1. The molecule has 1 heterocycles. The van der Waals surface area contributed by atoms with Crippen LogP contribution in [0.4, 0.5) is 0 Å². The highest BCUT2D eigenvalue weighted by Crippen LogP contribution is 2.34.